The number of urea groups is 1. The molecule has 8 heteroatoms. The molecule has 0 spiro atoms. The van der Waals surface area contributed by atoms with Crippen molar-refractivity contribution in [1.82, 2.24) is 19.7 Å². The number of hydrogen-bond acceptors (Lipinski definition) is 4. The number of likely N-dealkylation sites (tertiary alicyclic amines) is 1. The molecule has 2 N–H and O–H groups in total. The van der Waals surface area contributed by atoms with Gasteiger partial charge < -0.3 is 10.2 Å². The number of pyridine rings is 1. The highest BCUT2D eigenvalue weighted by Crippen LogP contribution is 2.29. The standard InChI is InChI=1S/C37H40N6O2/c1-25-13-15-30(16-14-25)43-34(23-33(41-43)37(2,3)4)40-36(45)39-32-12-8-6-9-27(32)21-26-17-19-42(20-18-26)35(44)29-22-28-10-5-7-11-31(28)38-24-29/h5-16,22-24,26H,17-21H2,1-4H3,(H2,39,40,45). The van der Waals surface area contributed by atoms with Gasteiger partial charge in [0.25, 0.3) is 5.91 Å². The second kappa shape index (κ2) is 12.6. The Labute approximate surface area is 264 Å². The number of amides is 3. The van der Waals surface area contributed by atoms with E-state index in [0.717, 1.165) is 58.4 Å². The number of para-hydroxylation sites is 2. The van der Waals surface area contributed by atoms with E-state index in [4.69, 9.17) is 5.10 Å². The number of carbonyl (C=O) groups is 2. The first-order chi connectivity index (χ1) is 21.6. The maximum atomic E-state index is 13.3. The van der Waals surface area contributed by atoms with Gasteiger partial charge in [0.1, 0.15) is 5.82 Å². The topological polar surface area (TPSA) is 92.2 Å². The quantitative estimate of drug-likeness (QED) is 0.208. The molecule has 3 amide bonds. The van der Waals surface area contributed by atoms with Gasteiger partial charge in [0.2, 0.25) is 0 Å². The SMILES string of the molecule is Cc1ccc(-n2nc(C(C)(C)C)cc2NC(=O)Nc2ccccc2CC2CCN(C(=O)c3cnc4ccccc4c3)CC2)cc1. The fraction of sp³-hybridized carbons (Fsp3) is 0.297. The molecule has 1 saturated heterocycles. The molecule has 0 atom stereocenters. The van der Waals surface area contributed by atoms with Crippen LogP contribution in [-0.4, -0.2) is 44.7 Å². The fourth-order valence-corrected chi connectivity index (χ4v) is 5.83. The van der Waals surface area contributed by atoms with Crippen molar-refractivity contribution in [3.63, 3.8) is 0 Å². The maximum absolute atomic E-state index is 13.3. The smallest absolute Gasteiger partial charge is 0.324 e. The highest BCUT2D eigenvalue weighted by molar-refractivity contribution is 6.00. The summed E-state index contributed by atoms with van der Waals surface area (Å²) in [4.78, 5) is 33.0. The van der Waals surface area contributed by atoms with Crippen molar-refractivity contribution in [1.29, 1.82) is 0 Å². The Morgan fingerprint density at radius 2 is 1.60 bits per heavy atom. The molecule has 1 aliphatic rings. The summed E-state index contributed by atoms with van der Waals surface area (Å²) in [7, 11) is 0. The number of benzene rings is 3. The highest BCUT2D eigenvalue weighted by atomic mass is 16.2. The molecule has 2 aromatic heterocycles. The van der Waals surface area contributed by atoms with Crippen LogP contribution >= 0.6 is 0 Å². The van der Waals surface area contributed by atoms with E-state index in [1.807, 2.05) is 90.7 Å². The van der Waals surface area contributed by atoms with Crippen LogP contribution in [0.4, 0.5) is 16.3 Å². The van der Waals surface area contributed by atoms with Gasteiger partial charge >= 0.3 is 6.03 Å². The molecule has 5 aromatic rings. The first-order valence-corrected chi connectivity index (χ1v) is 15.6. The summed E-state index contributed by atoms with van der Waals surface area (Å²) in [5.74, 6) is 1.05. The molecule has 230 valence electrons. The van der Waals surface area contributed by atoms with Gasteiger partial charge in [-0.05, 0) is 68.0 Å². The fourth-order valence-electron chi connectivity index (χ4n) is 5.83. The van der Waals surface area contributed by atoms with E-state index in [0.29, 0.717) is 30.4 Å². The number of piperidine rings is 1. The molecule has 0 unspecified atom stereocenters. The number of rotatable bonds is 6. The average Bonchev–Trinajstić information content (AvgIpc) is 3.46. The lowest BCUT2D eigenvalue weighted by molar-refractivity contribution is 0.0690. The monoisotopic (exact) mass is 600 g/mol. The number of nitrogens with zero attached hydrogens (tertiary/aromatic N) is 4. The largest absolute Gasteiger partial charge is 0.339 e. The summed E-state index contributed by atoms with van der Waals surface area (Å²) in [5.41, 5.74) is 6.14. The molecule has 0 bridgehead atoms. The Bertz CT molecular complexity index is 1830. The molecule has 3 aromatic carbocycles. The Morgan fingerprint density at radius 1 is 0.889 bits per heavy atom. The van der Waals surface area contributed by atoms with E-state index in [9.17, 15) is 9.59 Å². The number of aromatic nitrogens is 3. The summed E-state index contributed by atoms with van der Waals surface area (Å²) in [5, 5.41) is 11.9. The predicted molar refractivity (Wildman–Crippen MR) is 180 cm³/mol. The lowest BCUT2D eigenvalue weighted by atomic mass is 9.89. The third-order valence-electron chi connectivity index (χ3n) is 8.51. The summed E-state index contributed by atoms with van der Waals surface area (Å²) >= 11 is 0. The molecule has 1 aliphatic heterocycles. The van der Waals surface area contributed by atoms with Crippen molar-refractivity contribution < 1.29 is 9.59 Å². The molecule has 3 heterocycles. The van der Waals surface area contributed by atoms with Gasteiger partial charge in [-0.25, -0.2) is 9.48 Å². The number of nitrogens with one attached hydrogen (secondary N) is 2. The van der Waals surface area contributed by atoms with Gasteiger partial charge in [-0.15, -0.1) is 0 Å². The molecular weight excluding hydrogens is 560 g/mol. The zero-order valence-corrected chi connectivity index (χ0v) is 26.4. The van der Waals surface area contributed by atoms with Gasteiger partial charge in [-0.1, -0.05) is 74.9 Å². The van der Waals surface area contributed by atoms with Gasteiger partial charge in [0.15, 0.2) is 0 Å². The zero-order valence-electron chi connectivity index (χ0n) is 26.4. The lowest BCUT2D eigenvalue weighted by Gasteiger charge is -2.32. The van der Waals surface area contributed by atoms with Crippen LogP contribution in [-0.2, 0) is 11.8 Å². The summed E-state index contributed by atoms with van der Waals surface area (Å²) in [6, 6.07) is 27.4. The molecule has 1 fully saturated rings. The summed E-state index contributed by atoms with van der Waals surface area (Å²) in [6.07, 6.45) is 4.31. The van der Waals surface area contributed by atoms with E-state index in [2.05, 4.69) is 42.5 Å². The normalized spacial score (nSPS) is 14.0. The molecule has 6 rings (SSSR count). The molecule has 0 aliphatic carbocycles. The average molecular weight is 601 g/mol. The van der Waals surface area contributed by atoms with Crippen LogP contribution < -0.4 is 10.6 Å². The molecule has 8 nitrogen and oxygen atoms in total. The van der Waals surface area contributed by atoms with Gasteiger partial charge in [0, 0.05) is 41.8 Å². The third kappa shape index (κ3) is 6.90. The number of anilines is 2. The maximum Gasteiger partial charge on any atom is 0.324 e. The van der Waals surface area contributed by atoms with Crippen molar-refractivity contribution in [2.24, 2.45) is 5.92 Å². The van der Waals surface area contributed by atoms with Crippen LogP contribution in [0.3, 0.4) is 0 Å². The zero-order chi connectivity index (χ0) is 31.6. The summed E-state index contributed by atoms with van der Waals surface area (Å²) < 4.78 is 1.79. The number of aryl methyl sites for hydroxylation is 1. The van der Waals surface area contributed by atoms with Crippen LogP contribution in [0.15, 0.2) is 91.1 Å². The van der Waals surface area contributed by atoms with Crippen LogP contribution in [0.2, 0.25) is 0 Å². The van der Waals surface area contributed by atoms with E-state index in [1.165, 1.54) is 0 Å². The Morgan fingerprint density at radius 3 is 2.36 bits per heavy atom. The Kier molecular flexibility index (Phi) is 8.39. The van der Waals surface area contributed by atoms with Crippen LogP contribution in [0.25, 0.3) is 16.6 Å². The second-order valence-corrected chi connectivity index (χ2v) is 13.0. The van der Waals surface area contributed by atoms with Gasteiger partial charge in [0.05, 0.1) is 22.5 Å². The van der Waals surface area contributed by atoms with E-state index in [1.54, 1.807) is 10.9 Å². The predicted octanol–water partition coefficient (Wildman–Crippen LogP) is 7.77. The van der Waals surface area contributed by atoms with E-state index >= 15 is 0 Å². The number of carbonyl (C=O) groups excluding carboxylic acids is 2. The van der Waals surface area contributed by atoms with Gasteiger partial charge in [-0.3, -0.25) is 15.1 Å². The van der Waals surface area contributed by atoms with Crippen LogP contribution in [0.5, 0.6) is 0 Å². The first-order valence-electron chi connectivity index (χ1n) is 15.6. The molecular formula is C37H40N6O2. The minimum atomic E-state index is -0.319. The lowest BCUT2D eigenvalue weighted by Crippen LogP contribution is -2.39. The Balaban J connectivity index is 1.10. The van der Waals surface area contributed by atoms with Crippen molar-refractivity contribution in [2.75, 3.05) is 23.7 Å². The minimum absolute atomic E-state index is 0.0323. The summed E-state index contributed by atoms with van der Waals surface area (Å²) in [6.45, 7) is 9.77. The second-order valence-electron chi connectivity index (χ2n) is 13.0. The first kappa shape index (κ1) is 30.1. The molecule has 0 radical (unpaired) electrons. The highest BCUT2D eigenvalue weighted by Gasteiger charge is 2.25. The van der Waals surface area contributed by atoms with Gasteiger partial charge in [-0.2, -0.15) is 5.10 Å². The van der Waals surface area contributed by atoms with Crippen molar-refractivity contribution in [2.45, 2.75) is 52.4 Å². The van der Waals surface area contributed by atoms with E-state index < -0.39 is 0 Å². The van der Waals surface area contributed by atoms with Crippen molar-refractivity contribution in [3.8, 4) is 5.69 Å². The molecule has 45 heavy (non-hydrogen) atoms. The van der Waals surface area contributed by atoms with Crippen molar-refractivity contribution in [3.05, 3.63) is 114 Å². The Hall–Kier alpha value is -4.98. The third-order valence-corrected chi connectivity index (χ3v) is 8.51. The van der Waals surface area contributed by atoms with Crippen LogP contribution in [0.1, 0.15) is 60.8 Å². The minimum Gasteiger partial charge on any atom is -0.339 e. The molecule has 0 saturated carbocycles. The number of fused-ring (bicyclic) bond motifs is 1. The van der Waals surface area contributed by atoms with Crippen molar-refractivity contribution >= 4 is 34.3 Å². The van der Waals surface area contributed by atoms with Crippen LogP contribution in [0, 0.1) is 12.8 Å². The number of hydrogen-bond donors (Lipinski definition) is 2. The van der Waals surface area contributed by atoms with E-state index in [-0.39, 0.29) is 17.4 Å².